The van der Waals surface area contributed by atoms with E-state index in [1.807, 2.05) is 12.1 Å². The van der Waals surface area contributed by atoms with Gasteiger partial charge in [-0.25, -0.2) is 8.42 Å². The largest absolute Gasteiger partial charge is 0.372 e. The molecule has 27 heavy (non-hydrogen) atoms. The number of nitrogens with one attached hydrogen (secondary N) is 1. The molecule has 0 bridgehead atoms. The highest BCUT2D eigenvalue weighted by Crippen LogP contribution is 2.20. The number of benzene rings is 1. The zero-order chi connectivity index (χ0) is 19.3. The van der Waals surface area contributed by atoms with Crippen LogP contribution in [-0.2, 0) is 21.4 Å². The number of amides is 1. The summed E-state index contributed by atoms with van der Waals surface area (Å²) in [7, 11) is -2.35. The molecular weight excluding hydrogens is 364 g/mol. The van der Waals surface area contributed by atoms with E-state index in [4.69, 9.17) is 0 Å². The molecule has 1 aliphatic heterocycles. The molecule has 1 amide bonds. The maximum absolute atomic E-state index is 12.4. The maximum atomic E-state index is 12.4. The van der Waals surface area contributed by atoms with Crippen molar-refractivity contribution >= 4 is 21.6 Å². The molecule has 0 saturated carbocycles. The summed E-state index contributed by atoms with van der Waals surface area (Å²) in [6.45, 7) is 2.30. The second-order valence-corrected chi connectivity index (χ2v) is 8.63. The fourth-order valence-electron chi connectivity index (χ4n) is 3.02. The van der Waals surface area contributed by atoms with Crippen molar-refractivity contribution < 1.29 is 13.2 Å². The van der Waals surface area contributed by atoms with E-state index in [1.54, 1.807) is 6.07 Å². The van der Waals surface area contributed by atoms with Crippen molar-refractivity contribution in [1.29, 1.82) is 0 Å². The van der Waals surface area contributed by atoms with Crippen molar-refractivity contribution in [3.8, 4) is 0 Å². The molecule has 144 valence electrons. The summed E-state index contributed by atoms with van der Waals surface area (Å²) in [5, 5.41) is 2.77. The van der Waals surface area contributed by atoms with Gasteiger partial charge in [-0.05, 0) is 42.7 Å². The van der Waals surface area contributed by atoms with Gasteiger partial charge < -0.3 is 10.2 Å². The molecular formula is C19H24N4O3S. The van der Waals surface area contributed by atoms with Gasteiger partial charge in [0.1, 0.15) is 4.90 Å². The molecule has 1 aromatic heterocycles. The SMILES string of the molecule is CN(CC(=O)NCc1ccc(N2CCCC2)cc1)S(=O)(=O)c1cccnc1. The van der Waals surface area contributed by atoms with E-state index in [0.717, 1.165) is 23.0 Å². The summed E-state index contributed by atoms with van der Waals surface area (Å²) in [6.07, 6.45) is 5.23. The van der Waals surface area contributed by atoms with Gasteiger partial charge in [0, 0.05) is 44.8 Å². The Morgan fingerprint density at radius 1 is 1.19 bits per heavy atom. The molecule has 0 radical (unpaired) electrons. The summed E-state index contributed by atoms with van der Waals surface area (Å²) in [5.74, 6) is -0.353. The molecule has 1 aliphatic rings. The molecule has 2 aromatic rings. The van der Waals surface area contributed by atoms with Crippen LogP contribution >= 0.6 is 0 Å². The predicted molar refractivity (Wildman–Crippen MR) is 104 cm³/mol. The van der Waals surface area contributed by atoms with Gasteiger partial charge in [-0.2, -0.15) is 4.31 Å². The minimum absolute atomic E-state index is 0.0674. The van der Waals surface area contributed by atoms with Crippen LogP contribution < -0.4 is 10.2 Å². The number of likely N-dealkylation sites (N-methyl/N-ethyl adjacent to an activating group) is 1. The summed E-state index contributed by atoms with van der Waals surface area (Å²) in [4.78, 5) is 18.4. The minimum Gasteiger partial charge on any atom is -0.372 e. The van der Waals surface area contributed by atoms with E-state index in [0.29, 0.717) is 6.54 Å². The average molecular weight is 388 g/mol. The number of anilines is 1. The van der Waals surface area contributed by atoms with Crippen LogP contribution in [0.2, 0.25) is 0 Å². The monoisotopic (exact) mass is 388 g/mol. The van der Waals surface area contributed by atoms with Crippen LogP contribution in [0.3, 0.4) is 0 Å². The Morgan fingerprint density at radius 2 is 1.89 bits per heavy atom. The number of sulfonamides is 1. The Morgan fingerprint density at radius 3 is 2.52 bits per heavy atom. The highest BCUT2D eigenvalue weighted by atomic mass is 32.2. The van der Waals surface area contributed by atoms with Gasteiger partial charge in [-0.3, -0.25) is 9.78 Å². The lowest BCUT2D eigenvalue weighted by Gasteiger charge is -2.18. The number of carbonyl (C=O) groups excluding carboxylic acids is 1. The van der Waals surface area contributed by atoms with Gasteiger partial charge in [0.2, 0.25) is 15.9 Å². The topological polar surface area (TPSA) is 82.6 Å². The summed E-state index contributed by atoms with van der Waals surface area (Å²) >= 11 is 0. The number of pyridine rings is 1. The molecule has 0 spiro atoms. The lowest BCUT2D eigenvalue weighted by molar-refractivity contribution is -0.121. The minimum atomic E-state index is -3.73. The number of aromatic nitrogens is 1. The Hall–Kier alpha value is -2.45. The first kappa shape index (κ1) is 19.3. The fourth-order valence-corrected chi connectivity index (χ4v) is 4.12. The van der Waals surface area contributed by atoms with E-state index in [1.165, 1.54) is 44.0 Å². The van der Waals surface area contributed by atoms with Gasteiger partial charge in [0.25, 0.3) is 0 Å². The van der Waals surface area contributed by atoms with Crippen molar-refractivity contribution in [1.82, 2.24) is 14.6 Å². The second-order valence-electron chi connectivity index (χ2n) is 6.59. The molecule has 1 saturated heterocycles. The molecule has 3 rings (SSSR count). The summed E-state index contributed by atoms with van der Waals surface area (Å²) in [6, 6.07) is 11.1. The first-order valence-corrected chi connectivity index (χ1v) is 10.4. The first-order valence-electron chi connectivity index (χ1n) is 8.94. The van der Waals surface area contributed by atoms with Crippen LogP contribution in [0.5, 0.6) is 0 Å². The zero-order valence-electron chi connectivity index (χ0n) is 15.3. The highest BCUT2D eigenvalue weighted by molar-refractivity contribution is 7.89. The maximum Gasteiger partial charge on any atom is 0.244 e. The number of carbonyl (C=O) groups is 1. The van der Waals surface area contributed by atoms with Crippen LogP contribution in [0.4, 0.5) is 5.69 Å². The molecule has 1 aromatic carbocycles. The Labute approximate surface area is 160 Å². The molecule has 2 heterocycles. The third-order valence-corrected chi connectivity index (χ3v) is 6.39. The van der Waals surface area contributed by atoms with Crippen molar-refractivity contribution in [2.75, 3.05) is 31.6 Å². The van der Waals surface area contributed by atoms with Crippen LogP contribution in [-0.4, -0.2) is 50.3 Å². The molecule has 1 fully saturated rings. The predicted octanol–water partition coefficient (Wildman–Crippen LogP) is 1.62. The molecule has 1 N–H and O–H groups in total. The lowest BCUT2D eigenvalue weighted by Crippen LogP contribution is -2.38. The Bertz CT molecular complexity index is 864. The second kappa shape index (κ2) is 8.49. The summed E-state index contributed by atoms with van der Waals surface area (Å²) in [5.41, 5.74) is 2.17. The van der Waals surface area contributed by atoms with Gasteiger partial charge in [0.05, 0.1) is 6.54 Å². The lowest BCUT2D eigenvalue weighted by atomic mass is 10.2. The van der Waals surface area contributed by atoms with E-state index in [-0.39, 0.29) is 17.3 Å². The van der Waals surface area contributed by atoms with E-state index >= 15 is 0 Å². The van der Waals surface area contributed by atoms with E-state index in [9.17, 15) is 13.2 Å². The highest BCUT2D eigenvalue weighted by Gasteiger charge is 2.22. The van der Waals surface area contributed by atoms with Gasteiger partial charge in [-0.15, -0.1) is 0 Å². The van der Waals surface area contributed by atoms with Gasteiger partial charge in [0.15, 0.2) is 0 Å². The van der Waals surface area contributed by atoms with Crippen molar-refractivity contribution in [2.45, 2.75) is 24.3 Å². The number of rotatable bonds is 7. The summed E-state index contributed by atoms with van der Waals surface area (Å²) < 4.78 is 25.8. The van der Waals surface area contributed by atoms with E-state index in [2.05, 4.69) is 27.3 Å². The van der Waals surface area contributed by atoms with Crippen molar-refractivity contribution in [3.05, 3.63) is 54.4 Å². The van der Waals surface area contributed by atoms with Gasteiger partial charge >= 0.3 is 0 Å². The normalized spacial score (nSPS) is 14.5. The molecule has 0 aliphatic carbocycles. The van der Waals surface area contributed by atoms with Crippen LogP contribution in [0.15, 0.2) is 53.7 Å². The zero-order valence-corrected chi connectivity index (χ0v) is 16.2. The standard InChI is InChI=1S/C19H24N4O3S/c1-22(27(25,26)18-5-4-10-20-14-18)15-19(24)21-13-16-6-8-17(9-7-16)23-11-2-3-12-23/h4-10,14H,2-3,11-13,15H2,1H3,(H,21,24). The Balaban J connectivity index is 1.52. The Kier molecular flexibility index (Phi) is 6.08. The quantitative estimate of drug-likeness (QED) is 0.779. The number of hydrogen-bond acceptors (Lipinski definition) is 5. The number of nitrogens with zero attached hydrogens (tertiary/aromatic N) is 3. The van der Waals surface area contributed by atoms with E-state index < -0.39 is 10.0 Å². The molecule has 7 nitrogen and oxygen atoms in total. The molecule has 8 heteroatoms. The van der Waals surface area contributed by atoms with Crippen LogP contribution in [0, 0.1) is 0 Å². The smallest absolute Gasteiger partial charge is 0.244 e. The van der Waals surface area contributed by atoms with Crippen LogP contribution in [0.25, 0.3) is 0 Å². The molecule has 0 atom stereocenters. The molecule has 0 unspecified atom stereocenters. The third-order valence-electron chi connectivity index (χ3n) is 4.61. The first-order chi connectivity index (χ1) is 13.0. The fraction of sp³-hybridized carbons (Fsp3) is 0.368. The van der Waals surface area contributed by atoms with Gasteiger partial charge in [-0.1, -0.05) is 12.1 Å². The number of hydrogen-bond donors (Lipinski definition) is 1. The van der Waals surface area contributed by atoms with Crippen LogP contribution in [0.1, 0.15) is 18.4 Å². The van der Waals surface area contributed by atoms with Crippen molar-refractivity contribution in [3.63, 3.8) is 0 Å². The van der Waals surface area contributed by atoms with Crippen molar-refractivity contribution in [2.24, 2.45) is 0 Å². The third kappa shape index (κ3) is 4.84. The average Bonchev–Trinajstić information content (AvgIpc) is 3.22.